The maximum atomic E-state index is 2.67. The molecule has 0 amide bonds. The first-order chi connectivity index (χ1) is 24.8. The molecule has 2 atom stereocenters. The second-order valence-electron chi connectivity index (χ2n) is 22.0. The molecule has 0 heterocycles. The Morgan fingerprint density at radius 2 is 0.593 bits per heavy atom. The van der Waals surface area contributed by atoms with E-state index in [2.05, 4.69) is 208 Å². The van der Waals surface area contributed by atoms with E-state index >= 15 is 0 Å². The van der Waals surface area contributed by atoms with Crippen LogP contribution in [0.25, 0.3) is 0 Å². The number of hydrogen-bond acceptors (Lipinski definition) is 0. The summed E-state index contributed by atoms with van der Waals surface area (Å²) in [6.07, 6.45) is 0. The lowest BCUT2D eigenvalue weighted by Gasteiger charge is -2.45. The van der Waals surface area contributed by atoms with E-state index < -0.39 is 0 Å². The molecule has 282 valence electrons. The SMILES string of the molecule is CC(C)(C)c1ccc(C2c3ccc(C(C)(C)C)cc3C(C)(C)c3cc4c(cc32)C(c2ccc(C(C)(C)C)cc2)c2ccc(C(C)(C)C)cc2C4(C)C)cc1. The molecule has 2 aliphatic rings. The highest BCUT2D eigenvalue weighted by Crippen LogP contribution is 2.56. The van der Waals surface area contributed by atoms with Crippen LogP contribution < -0.4 is 0 Å². The van der Waals surface area contributed by atoms with Gasteiger partial charge in [0, 0.05) is 22.7 Å². The van der Waals surface area contributed by atoms with Crippen molar-refractivity contribution in [3.63, 3.8) is 0 Å². The molecular formula is C54H66. The minimum atomic E-state index is -0.170. The van der Waals surface area contributed by atoms with Gasteiger partial charge in [0.2, 0.25) is 0 Å². The van der Waals surface area contributed by atoms with Crippen molar-refractivity contribution >= 4 is 0 Å². The van der Waals surface area contributed by atoms with Gasteiger partial charge in [-0.1, -0.05) is 208 Å². The molecule has 7 rings (SSSR count). The van der Waals surface area contributed by atoms with Crippen LogP contribution in [0.1, 0.15) is 201 Å². The van der Waals surface area contributed by atoms with E-state index in [9.17, 15) is 0 Å². The summed E-state index contributed by atoms with van der Waals surface area (Å²) < 4.78 is 0. The van der Waals surface area contributed by atoms with E-state index in [1.54, 1.807) is 0 Å². The lowest BCUT2D eigenvalue weighted by Crippen LogP contribution is -2.35. The van der Waals surface area contributed by atoms with Crippen LogP contribution >= 0.6 is 0 Å². The molecule has 0 aliphatic heterocycles. The van der Waals surface area contributed by atoms with Crippen molar-refractivity contribution in [3.05, 3.63) is 175 Å². The number of rotatable bonds is 2. The topological polar surface area (TPSA) is 0 Å². The average molecular weight is 715 g/mol. The fraction of sp³-hybridized carbons (Fsp3) is 0.444. The fourth-order valence-corrected chi connectivity index (χ4v) is 9.52. The van der Waals surface area contributed by atoms with Gasteiger partial charge >= 0.3 is 0 Å². The summed E-state index contributed by atoms with van der Waals surface area (Å²) in [6.45, 7) is 37.9. The Bertz CT molecular complexity index is 2060. The average Bonchev–Trinajstić information content (AvgIpc) is 3.06. The van der Waals surface area contributed by atoms with Crippen molar-refractivity contribution in [3.8, 4) is 0 Å². The normalized spacial score (nSPS) is 19.0. The van der Waals surface area contributed by atoms with Crippen molar-refractivity contribution < 1.29 is 0 Å². The lowest BCUT2D eigenvalue weighted by molar-refractivity contribution is 0.554. The van der Waals surface area contributed by atoms with Crippen molar-refractivity contribution in [1.29, 1.82) is 0 Å². The molecule has 0 saturated carbocycles. The molecule has 2 aliphatic carbocycles. The maximum absolute atomic E-state index is 2.67. The fourth-order valence-electron chi connectivity index (χ4n) is 9.52. The second-order valence-corrected chi connectivity index (χ2v) is 22.0. The van der Waals surface area contributed by atoms with Crippen LogP contribution in [0.4, 0.5) is 0 Å². The molecule has 0 nitrogen and oxygen atoms in total. The predicted octanol–water partition coefficient (Wildman–Crippen LogP) is 14.5. The zero-order valence-electron chi connectivity index (χ0n) is 36.4. The van der Waals surface area contributed by atoms with E-state index in [1.807, 2.05) is 0 Å². The van der Waals surface area contributed by atoms with E-state index in [-0.39, 0.29) is 44.3 Å². The van der Waals surface area contributed by atoms with Crippen LogP contribution in [0.5, 0.6) is 0 Å². The summed E-state index contributed by atoms with van der Waals surface area (Å²) in [7, 11) is 0. The maximum Gasteiger partial charge on any atom is 0.0346 e. The van der Waals surface area contributed by atoms with Crippen molar-refractivity contribution in [1.82, 2.24) is 0 Å². The molecule has 2 unspecified atom stereocenters. The van der Waals surface area contributed by atoms with Crippen molar-refractivity contribution in [2.45, 2.75) is 155 Å². The van der Waals surface area contributed by atoms with Gasteiger partial charge in [-0.2, -0.15) is 0 Å². The van der Waals surface area contributed by atoms with Gasteiger partial charge in [0.15, 0.2) is 0 Å². The molecule has 54 heavy (non-hydrogen) atoms. The van der Waals surface area contributed by atoms with Crippen LogP contribution in [0.3, 0.4) is 0 Å². The van der Waals surface area contributed by atoms with Gasteiger partial charge < -0.3 is 0 Å². The van der Waals surface area contributed by atoms with Crippen LogP contribution in [-0.4, -0.2) is 0 Å². The minimum Gasteiger partial charge on any atom is -0.0582 e. The zero-order chi connectivity index (χ0) is 39.6. The number of benzene rings is 5. The summed E-state index contributed by atoms with van der Waals surface area (Å²) in [6, 6.07) is 39.4. The zero-order valence-corrected chi connectivity index (χ0v) is 36.4. The quantitative estimate of drug-likeness (QED) is 0.171. The molecule has 0 radical (unpaired) electrons. The van der Waals surface area contributed by atoms with Gasteiger partial charge in [0.1, 0.15) is 0 Å². The molecule has 5 aromatic carbocycles. The van der Waals surface area contributed by atoms with E-state index in [4.69, 9.17) is 0 Å². The van der Waals surface area contributed by atoms with E-state index in [0.29, 0.717) is 0 Å². The third-order valence-corrected chi connectivity index (χ3v) is 13.2. The second kappa shape index (κ2) is 12.3. The first-order valence-corrected chi connectivity index (χ1v) is 20.5. The minimum absolute atomic E-state index is 0.0668. The molecule has 0 fully saturated rings. The standard InChI is InChI=1S/C54H66/c1-49(2,3)35-21-17-33(18-22-35)47-39-27-25-37(51(7,8)9)29-43(39)53(13,14)45-32-46-42(31-41(45)47)48(34-19-23-36(24-20-34)50(4,5)6)40-28-26-38(52(10,11)12)30-44(40)54(46,15)16/h17-32,47-48H,1-16H3. The Labute approximate surface area is 328 Å². The molecular weight excluding hydrogens is 649 g/mol. The number of fused-ring (bicyclic) bond motifs is 4. The van der Waals surface area contributed by atoms with Crippen molar-refractivity contribution in [2.24, 2.45) is 0 Å². The van der Waals surface area contributed by atoms with Crippen LogP contribution in [0.2, 0.25) is 0 Å². The summed E-state index contributed by atoms with van der Waals surface area (Å²) in [5.41, 5.74) is 20.0. The van der Waals surface area contributed by atoms with Gasteiger partial charge in [-0.3, -0.25) is 0 Å². The molecule has 0 spiro atoms. The van der Waals surface area contributed by atoms with E-state index in [1.165, 1.54) is 77.9 Å². The van der Waals surface area contributed by atoms with Crippen LogP contribution in [0, 0.1) is 0 Å². The summed E-state index contributed by atoms with van der Waals surface area (Å²) in [4.78, 5) is 0. The molecule has 0 heteroatoms. The smallest absolute Gasteiger partial charge is 0.0346 e. The van der Waals surface area contributed by atoms with Gasteiger partial charge in [-0.25, -0.2) is 0 Å². The van der Waals surface area contributed by atoms with Crippen molar-refractivity contribution in [2.75, 3.05) is 0 Å². The molecule has 0 aromatic heterocycles. The monoisotopic (exact) mass is 715 g/mol. The van der Waals surface area contributed by atoms with Crippen LogP contribution in [-0.2, 0) is 32.5 Å². The summed E-state index contributed by atoms with van der Waals surface area (Å²) in [5.74, 6) is 0.293. The third kappa shape index (κ3) is 6.30. The molecule has 0 N–H and O–H groups in total. The Morgan fingerprint density at radius 3 is 0.889 bits per heavy atom. The van der Waals surface area contributed by atoms with Gasteiger partial charge in [-0.15, -0.1) is 0 Å². The van der Waals surface area contributed by atoms with E-state index in [0.717, 1.165) is 0 Å². The van der Waals surface area contributed by atoms with Crippen LogP contribution in [0.15, 0.2) is 97.1 Å². The largest absolute Gasteiger partial charge is 0.0582 e. The van der Waals surface area contributed by atoms with Gasteiger partial charge in [0.05, 0.1) is 0 Å². The highest BCUT2D eigenvalue weighted by molar-refractivity contribution is 5.68. The Morgan fingerprint density at radius 1 is 0.315 bits per heavy atom. The first kappa shape index (κ1) is 38.4. The lowest BCUT2D eigenvalue weighted by atomic mass is 9.58. The molecule has 5 aromatic rings. The highest BCUT2D eigenvalue weighted by atomic mass is 14.5. The third-order valence-electron chi connectivity index (χ3n) is 13.2. The predicted molar refractivity (Wildman–Crippen MR) is 233 cm³/mol. The Balaban J connectivity index is 1.55. The van der Waals surface area contributed by atoms with Gasteiger partial charge in [-0.05, 0) is 99.5 Å². The summed E-state index contributed by atoms with van der Waals surface area (Å²) >= 11 is 0. The Hall–Kier alpha value is -3.90. The summed E-state index contributed by atoms with van der Waals surface area (Å²) in [5, 5.41) is 0. The van der Waals surface area contributed by atoms with Gasteiger partial charge in [0.25, 0.3) is 0 Å². The number of hydrogen-bond donors (Lipinski definition) is 0. The Kier molecular flexibility index (Phi) is 8.74. The molecule has 0 saturated heterocycles. The first-order valence-electron chi connectivity index (χ1n) is 20.5. The highest BCUT2D eigenvalue weighted by Gasteiger charge is 2.44. The molecule has 0 bridgehead atoms.